The Morgan fingerprint density at radius 1 is 1.29 bits per heavy atom. The van der Waals surface area contributed by atoms with Crippen molar-refractivity contribution in [3.63, 3.8) is 0 Å². The van der Waals surface area contributed by atoms with E-state index in [1.165, 1.54) is 30.5 Å². The van der Waals surface area contributed by atoms with Crippen molar-refractivity contribution < 1.29 is 8.78 Å². The highest BCUT2D eigenvalue weighted by atomic mass is 35.5. The standard InChI is InChI=1S/C25H26Cl2F2N6/c1-15(32-12-17-10-18(26)7-8-20(17)28)33-13-22-24(30)35(14-16-4-3-9-31-11-16)25(34-22)23-19(27)5-2-6-21(23)29/h2,5-8,10,13,16,31-32H,1,3-4,9,11-12,14,30H2/t16-/m1/s1. The molecule has 3 aromatic rings. The number of nitrogens with two attached hydrogens (primary N) is 1. The fraction of sp³-hybridized carbons (Fsp3) is 0.280. The van der Waals surface area contributed by atoms with E-state index in [2.05, 4.69) is 27.2 Å². The highest BCUT2D eigenvalue weighted by Crippen LogP contribution is 2.33. The lowest BCUT2D eigenvalue weighted by Gasteiger charge is -2.24. The highest BCUT2D eigenvalue weighted by molar-refractivity contribution is 6.33. The molecular weight excluding hydrogens is 493 g/mol. The Kier molecular flexibility index (Phi) is 8.05. The Bertz CT molecular complexity index is 1230. The first-order chi connectivity index (χ1) is 16.8. The van der Waals surface area contributed by atoms with Gasteiger partial charge < -0.3 is 20.9 Å². The van der Waals surface area contributed by atoms with Crippen molar-refractivity contribution in [3.8, 4) is 11.4 Å². The van der Waals surface area contributed by atoms with Crippen molar-refractivity contribution >= 4 is 35.2 Å². The molecule has 2 aromatic carbocycles. The van der Waals surface area contributed by atoms with Crippen LogP contribution in [-0.2, 0) is 13.1 Å². The molecule has 0 spiro atoms. The normalized spacial score (nSPS) is 16.1. The molecule has 4 rings (SSSR count). The van der Waals surface area contributed by atoms with Crippen molar-refractivity contribution in [1.82, 2.24) is 20.2 Å². The first kappa shape index (κ1) is 25.2. The summed E-state index contributed by atoms with van der Waals surface area (Å²) in [6.07, 6.45) is 3.54. The number of aromatic nitrogens is 2. The number of nitrogens with zero attached hydrogens (tertiary/aromatic N) is 3. The minimum absolute atomic E-state index is 0.150. The fourth-order valence-electron chi connectivity index (χ4n) is 4.06. The zero-order chi connectivity index (χ0) is 24.9. The van der Waals surface area contributed by atoms with Gasteiger partial charge in [0, 0.05) is 23.7 Å². The van der Waals surface area contributed by atoms with E-state index >= 15 is 0 Å². The smallest absolute Gasteiger partial charge is 0.146 e. The number of imidazole rings is 1. The maximum atomic E-state index is 14.8. The molecule has 10 heteroatoms. The number of rotatable bonds is 8. The van der Waals surface area contributed by atoms with Crippen LogP contribution in [0, 0.1) is 17.6 Å². The van der Waals surface area contributed by atoms with E-state index in [9.17, 15) is 8.78 Å². The highest BCUT2D eigenvalue weighted by Gasteiger charge is 2.23. The molecule has 1 fully saturated rings. The molecule has 1 aliphatic rings. The van der Waals surface area contributed by atoms with Crippen molar-refractivity contribution in [1.29, 1.82) is 0 Å². The topological polar surface area (TPSA) is 80.3 Å². The van der Waals surface area contributed by atoms with Gasteiger partial charge in [-0.3, -0.25) is 0 Å². The number of benzene rings is 2. The van der Waals surface area contributed by atoms with Gasteiger partial charge in [0.2, 0.25) is 0 Å². The SMILES string of the molecule is C=C(N=Cc1nc(-c2c(F)cccc2Cl)n(C[C@@H]2CCCNC2)c1N)NCc1cc(Cl)ccc1F. The van der Waals surface area contributed by atoms with Crippen molar-refractivity contribution in [2.45, 2.75) is 25.9 Å². The minimum Gasteiger partial charge on any atom is -0.383 e. The number of hydrogen-bond donors (Lipinski definition) is 3. The van der Waals surface area contributed by atoms with Crippen LogP contribution in [0.1, 0.15) is 24.1 Å². The third kappa shape index (κ3) is 6.01. The molecule has 0 radical (unpaired) electrons. The summed E-state index contributed by atoms with van der Waals surface area (Å²) in [5.74, 6) is 0.423. The van der Waals surface area contributed by atoms with Crippen LogP contribution in [0.3, 0.4) is 0 Å². The number of nitrogens with one attached hydrogen (secondary N) is 2. The molecule has 2 heterocycles. The van der Waals surface area contributed by atoms with Crippen LogP contribution in [0.25, 0.3) is 11.4 Å². The van der Waals surface area contributed by atoms with Crippen LogP contribution >= 0.6 is 23.2 Å². The number of anilines is 1. The lowest BCUT2D eigenvalue weighted by Crippen LogP contribution is -2.32. The number of aliphatic imine (C=N–C) groups is 1. The number of piperidine rings is 1. The van der Waals surface area contributed by atoms with Gasteiger partial charge in [-0.1, -0.05) is 35.8 Å². The summed E-state index contributed by atoms with van der Waals surface area (Å²) in [7, 11) is 0. The second kappa shape index (κ2) is 11.2. The van der Waals surface area contributed by atoms with Crippen LogP contribution in [0.2, 0.25) is 10.0 Å². The molecule has 6 nitrogen and oxygen atoms in total. The van der Waals surface area contributed by atoms with Crippen LogP contribution in [-0.4, -0.2) is 28.9 Å². The monoisotopic (exact) mass is 518 g/mol. The van der Waals surface area contributed by atoms with Crippen molar-refractivity contribution in [3.05, 3.63) is 81.7 Å². The molecule has 35 heavy (non-hydrogen) atoms. The number of nitrogen functional groups attached to an aromatic ring is 1. The van der Waals surface area contributed by atoms with E-state index in [0.717, 1.165) is 25.9 Å². The lowest BCUT2D eigenvalue weighted by atomic mass is 9.99. The third-order valence-corrected chi connectivity index (χ3v) is 6.44. The Morgan fingerprint density at radius 3 is 2.86 bits per heavy atom. The van der Waals surface area contributed by atoms with Gasteiger partial charge in [0.25, 0.3) is 0 Å². The van der Waals surface area contributed by atoms with Crippen molar-refractivity contribution in [2.24, 2.45) is 10.9 Å². The van der Waals surface area contributed by atoms with Gasteiger partial charge in [-0.15, -0.1) is 0 Å². The molecule has 0 unspecified atom stereocenters. The van der Waals surface area contributed by atoms with E-state index in [1.807, 2.05) is 0 Å². The summed E-state index contributed by atoms with van der Waals surface area (Å²) in [6.45, 7) is 6.38. The van der Waals surface area contributed by atoms with Gasteiger partial charge in [-0.05, 0) is 62.2 Å². The fourth-order valence-corrected chi connectivity index (χ4v) is 4.51. The first-order valence-corrected chi connectivity index (χ1v) is 12.0. The number of halogens is 4. The molecule has 4 N–H and O–H groups in total. The van der Waals surface area contributed by atoms with E-state index in [1.54, 1.807) is 16.7 Å². The predicted molar refractivity (Wildman–Crippen MR) is 138 cm³/mol. The summed E-state index contributed by atoms with van der Waals surface area (Å²) in [5.41, 5.74) is 7.39. The Labute approximate surface area is 212 Å². The van der Waals surface area contributed by atoms with Gasteiger partial charge in [-0.25, -0.2) is 18.8 Å². The van der Waals surface area contributed by atoms with Gasteiger partial charge in [0.15, 0.2) is 0 Å². The van der Waals surface area contributed by atoms with Gasteiger partial charge in [-0.2, -0.15) is 0 Å². The quantitative estimate of drug-likeness (QED) is 0.349. The molecule has 0 bridgehead atoms. The zero-order valence-corrected chi connectivity index (χ0v) is 20.5. The van der Waals surface area contributed by atoms with Gasteiger partial charge in [0.1, 0.15) is 34.8 Å². The van der Waals surface area contributed by atoms with E-state index in [0.29, 0.717) is 40.4 Å². The van der Waals surface area contributed by atoms with Crippen LogP contribution in [0.15, 0.2) is 53.8 Å². The maximum absolute atomic E-state index is 14.8. The Morgan fingerprint density at radius 2 is 2.11 bits per heavy atom. The molecule has 184 valence electrons. The second-order valence-corrected chi connectivity index (χ2v) is 9.26. The van der Waals surface area contributed by atoms with Gasteiger partial charge >= 0.3 is 0 Å². The first-order valence-electron chi connectivity index (χ1n) is 11.3. The molecule has 1 atom stereocenters. The van der Waals surface area contributed by atoms with Gasteiger partial charge in [0.05, 0.1) is 16.8 Å². The predicted octanol–water partition coefficient (Wildman–Crippen LogP) is 5.40. The molecule has 1 saturated heterocycles. The molecule has 0 amide bonds. The number of hydrogen-bond acceptors (Lipinski definition) is 5. The molecule has 0 saturated carbocycles. The summed E-state index contributed by atoms with van der Waals surface area (Å²) in [5, 5.41) is 7.00. The molecule has 1 aliphatic heterocycles. The Hall–Kier alpha value is -2.94. The molecule has 0 aliphatic carbocycles. The molecular formula is C25H26Cl2F2N6. The summed E-state index contributed by atoms with van der Waals surface area (Å²) < 4.78 is 30.5. The van der Waals surface area contributed by atoms with Crippen LogP contribution in [0.5, 0.6) is 0 Å². The Balaban J connectivity index is 1.59. The lowest BCUT2D eigenvalue weighted by molar-refractivity contribution is 0.339. The average Bonchev–Trinajstić information content (AvgIpc) is 3.13. The van der Waals surface area contributed by atoms with E-state index in [4.69, 9.17) is 28.9 Å². The minimum atomic E-state index is -0.483. The average molecular weight is 519 g/mol. The summed E-state index contributed by atoms with van der Waals surface area (Å²) in [4.78, 5) is 8.86. The third-order valence-electron chi connectivity index (χ3n) is 5.89. The summed E-state index contributed by atoms with van der Waals surface area (Å²) in [6, 6.07) is 8.82. The van der Waals surface area contributed by atoms with Crippen molar-refractivity contribution in [2.75, 3.05) is 18.8 Å². The zero-order valence-electron chi connectivity index (χ0n) is 19.0. The molecule has 1 aromatic heterocycles. The van der Waals surface area contributed by atoms with E-state index < -0.39 is 5.82 Å². The second-order valence-electron chi connectivity index (χ2n) is 8.42. The maximum Gasteiger partial charge on any atom is 0.146 e. The van der Waals surface area contributed by atoms with Crippen LogP contribution < -0.4 is 16.4 Å². The summed E-state index contributed by atoms with van der Waals surface area (Å²) >= 11 is 12.3. The largest absolute Gasteiger partial charge is 0.383 e. The van der Waals surface area contributed by atoms with E-state index in [-0.39, 0.29) is 28.8 Å². The van der Waals surface area contributed by atoms with Crippen LogP contribution in [0.4, 0.5) is 14.6 Å².